The second kappa shape index (κ2) is 9.94. The van der Waals surface area contributed by atoms with Crippen LogP contribution in [0.4, 0.5) is 11.4 Å². The number of nitrogens with zero attached hydrogens (tertiary/aromatic N) is 4. The fourth-order valence-electron chi connectivity index (χ4n) is 3.27. The Bertz CT molecular complexity index is 963. The van der Waals surface area contributed by atoms with E-state index in [1.54, 1.807) is 31.5 Å². The number of aromatic nitrogens is 1. The van der Waals surface area contributed by atoms with Crippen molar-refractivity contribution in [1.82, 2.24) is 14.6 Å². The van der Waals surface area contributed by atoms with Crippen molar-refractivity contribution in [3.05, 3.63) is 58.4 Å². The smallest absolute Gasteiger partial charge is 0.293 e. The predicted molar refractivity (Wildman–Crippen MR) is 112 cm³/mol. The van der Waals surface area contributed by atoms with Gasteiger partial charge in [-0.25, -0.2) is 13.1 Å². The maximum absolute atomic E-state index is 12.6. The first-order chi connectivity index (χ1) is 14.4. The van der Waals surface area contributed by atoms with E-state index in [4.69, 9.17) is 4.74 Å². The van der Waals surface area contributed by atoms with Crippen molar-refractivity contribution >= 4 is 21.4 Å². The maximum Gasteiger partial charge on any atom is 0.293 e. The van der Waals surface area contributed by atoms with E-state index < -0.39 is 14.9 Å². The third-order valence-electron chi connectivity index (χ3n) is 4.95. The van der Waals surface area contributed by atoms with Gasteiger partial charge in [-0.2, -0.15) is 0 Å². The van der Waals surface area contributed by atoms with E-state index in [0.29, 0.717) is 31.1 Å². The summed E-state index contributed by atoms with van der Waals surface area (Å²) in [5.41, 5.74) is 0.759. The van der Waals surface area contributed by atoms with Gasteiger partial charge in [0.25, 0.3) is 5.69 Å². The highest BCUT2D eigenvalue weighted by Gasteiger charge is 2.26. The van der Waals surface area contributed by atoms with Gasteiger partial charge in [-0.15, -0.1) is 0 Å². The Balaban J connectivity index is 1.74. The molecule has 162 valence electrons. The highest BCUT2D eigenvalue weighted by molar-refractivity contribution is 7.89. The number of ether oxygens (including phenoxy) is 1. The summed E-state index contributed by atoms with van der Waals surface area (Å²) in [5, 5.41) is 11.7. The summed E-state index contributed by atoms with van der Waals surface area (Å²) in [5.74, 6) is 0. The van der Waals surface area contributed by atoms with Crippen molar-refractivity contribution in [2.24, 2.45) is 0 Å². The lowest BCUT2D eigenvalue weighted by atomic mass is 10.2. The molecule has 2 heterocycles. The first-order valence-corrected chi connectivity index (χ1v) is 11.0. The first-order valence-electron chi connectivity index (χ1n) is 9.55. The van der Waals surface area contributed by atoms with Gasteiger partial charge in [0.15, 0.2) is 0 Å². The number of hydrogen-bond donors (Lipinski definition) is 1. The average molecular weight is 436 g/mol. The Kier molecular flexibility index (Phi) is 7.32. The molecule has 11 heteroatoms. The lowest BCUT2D eigenvalue weighted by molar-refractivity contribution is -0.384. The number of hydrogen-bond acceptors (Lipinski definition) is 8. The van der Waals surface area contributed by atoms with Crippen molar-refractivity contribution < 1.29 is 18.1 Å². The second-order valence-electron chi connectivity index (χ2n) is 6.87. The number of pyridine rings is 1. The van der Waals surface area contributed by atoms with E-state index in [1.807, 2.05) is 4.90 Å². The van der Waals surface area contributed by atoms with E-state index in [-0.39, 0.29) is 17.1 Å². The van der Waals surface area contributed by atoms with Crippen LogP contribution in [-0.2, 0) is 21.3 Å². The fourth-order valence-corrected chi connectivity index (χ4v) is 4.29. The molecule has 1 aliphatic rings. The van der Waals surface area contributed by atoms with Crippen LogP contribution in [0.3, 0.4) is 0 Å². The van der Waals surface area contributed by atoms with Gasteiger partial charge in [-0.05, 0) is 24.3 Å². The summed E-state index contributed by atoms with van der Waals surface area (Å²) in [7, 11) is -2.26. The molecular weight excluding hydrogens is 410 g/mol. The fraction of sp³-hybridized carbons (Fsp3) is 0.421. The zero-order chi connectivity index (χ0) is 21.6. The molecule has 0 bridgehead atoms. The molecule has 1 aromatic heterocycles. The second-order valence-corrected chi connectivity index (χ2v) is 8.64. The van der Waals surface area contributed by atoms with Gasteiger partial charge >= 0.3 is 0 Å². The van der Waals surface area contributed by atoms with Crippen LogP contribution >= 0.6 is 0 Å². The first kappa shape index (κ1) is 22.1. The molecular formula is C19H25N5O5S. The summed E-state index contributed by atoms with van der Waals surface area (Å²) in [4.78, 5) is 19.2. The third-order valence-corrected chi connectivity index (χ3v) is 6.35. The highest BCUT2D eigenvalue weighted by atomic mass is 32.2. The van der Waals surface area contributed by atoms with E-state index in [1.165, 1.54) is 12.1 Å². The minimum atomic E-state index is -3.92. The molecule has 0 radical (unpaired) electrons. The Hall–Kier alpha value is -2.60. The highest BCUT2D eigenvalue weighted by Crippen LogP contribution is 2.31. The minimum absolute atomic E-state index is 0.00214. The van der Waals surface area contributed by atoms with E-state index in [0.717, 1.165) is 25.7 Å². The molecule has 0 amide bonds. The van der Waals surface area contributed by atoms with Crippen molar-refractivity contribution in [1.29, 1.82) is 0 Å². The molecule has 30 heavy (non-hydrogen) atoms. The van der Waals surface area contributed by atoms with Crippen LogP contribution in [0.1, 0.15) is 5.69 Å². The molecule has 0 aliphatic carbocycles. The maximum atomic E-state index is 12.6. The monoisotopic (exact) mass is 435 g/mol. The molecule has 2 aromatic rings. The van der Waals surface area contributed by atoms with Gasteiger partial charge < -0.3 is 9.64 Å². The van der Waals surface area contributed by atoms with Crippen LogP contribution in [0.5, 0.6) is 0 Å². The quantitative estimate of drug-likeness (QED) is 0.462. The number of methoxy groups -OCH3 is 1. The van der Waals surface area contributed by atoms with E-state index in [9.17, 15) is 18.5 Å². The van der Waals surface area contributed by atoms with Crippen molar-refractivity contribution in [2.45, 2.75) is 11.4 Å². The van der Waals surface area contributed by atoms with Gasteiger partial charge in [0, 0.05) is 52.1 Å². The number of nitro groups is 1. The number of nitro benzene ring substituents is 1. The van der Waals surface area contributed by atoms with Crippen molar-refractivity contribution in [2.75, 3.05) is 51.3 Å². The molecule has 1 fully saturated rings. The zero-order valence-electron chi connectivity index (χ0n) is 16.7. The Morgan fingerprint density at radius 3 is 2.60 bits per heavy atom. The zero-order valence-corrected chi connectivity index (χ0v) is 17.5. The van der Waals surface area contributed by atoms with Crippen LogP contribution in [0.25, 0.3) is 0 Å². The molecule has 1 aromatic carbocycles. The van der Waals surface area contributed by atoms with Gasteiger partial charge in [0.1, 0.15) is 5.69 Å². The Labute approximate surface area is 175 Å². The van der Waals surface area contributed by atoms with Crippen molar-refractivity contribution in [3.8, 4) is 0 Å². The van der Waals surface area contributed by atoms with Crippen LogP contribution in [0.2, 0.25) is 0 Å². The predicted octanol–water partition coefficient (Wildman–Crippen LogP) is 1.24. The number of rotatable bonds is 9. The van der Waals surface area contributed by atoms with E-state index >= 15 is 0 Å². The number of piperazine rings is 1. The SMILES string of the molecule is COCCN1CCN(c2ccc(S(=O)(=O)NCc3ccccn3)cc2[N+](=O)[O-])CC1. The topological polar surface area (TPSA) is 118 Å². The van der Waals surface area contributed by atoms with Crippen molar-refractivity contribution in [3.63, 3.8) is 0 Å². The van der Waals surface area contributed by atoms with Crippen LogP contribution in [-0.4, -0.2) is 69.7 Å². The average Bonchev–Trinajstić information content (AvgIpc) is 2.77. The Morgan fingerprint density at radius 1 is 1.20 bits per heavy atom. The largest absolute Gasteiger partial charge is 0.383 e. The Morgan fingerprint density at radius 2 is 1.97 bits per heavy atom. The third kappa shape index (κ3) is 5.51. The molecule has 1 N–H and O–H groups in total. The van der Waals surface area contributed by atoms with E-state index in [2.05, 4.69) is 14.6 Å². The molecule has 3 rings (SSSR count). The summed E-state index contributed by atoms with van der Waals surface area (Å²) < 4.78 is 32.8. The van der Waals surface area contributed by atoms with Gasteiger partial charge in [-0.1, -0.05) is 6.07 Å². The number of benzene rings is 1. The number of nitrogens with one attached hydrogen (secondary N) is 1. The normalized spacial score (nSPS) is 15.3. The minimum Gasteiger partial charge on any atom is -0.383 e. The van der Waals surface area contributed by atoms with Gasteiger partial charge in [0.05, 0.1) is 28.7 Å². The number of sulfonamides is 1. The number of anilines is 1. The molecule has 0 atom stereocenters. The molecule has 1 aliphatic heterocycles. The molecule has 0 spiro atoms. The summed E-state index contributed by atoms with van der Waals surface area (Å²) >= 11 is 0. The van der Waals surface area contributed by atoms with Crippen LogP contribution in [0.15, 0.2) is 47.5 Å². The standard InChI is InChI=1S/C19H25N5O5S/c1-29-13-12-22-8-10-23(11-9-22)18-6-5-17(14-19(18)24(25)26)30(27,28)21-15-16-4-2-3-7-20-16/h2-7,14,21H,8-13,15H2,1H3. The molecule has 1 saturated heterocycles. The van der Waals surface area contributed by atoms with Crippen LogP contribution in [0, 0.1) is 10.1 Å². The van der Waals surface area contributed by atoms with Crippen LogP contribution < -0.4 is 9.62 Å². The molecule has 0 unspecified atom stereocenters. The lowest BCUT2D eigenvalue weighted by Gasteiger charge is -2.35. The summed E-state index contributed by atoms with van der Waals surface area (Å²) in [6.45, 7) is 4.20. The van der Waals surface area contributed by atoms with Gasteiger partial charge in [-0.3, -0.25) is 20.0 Å². The van der Waals surface area contributed by atoms with Gasteiger partial charge in [0.2, 0.25) is 10.0 Å². The lowest BCUT2D eigenvalue weighted by Crippen LogP contribution is -2.47. The molecule has 10 nitrogen and oxygen atoms in total. The summed E-state index contributed by atoms with van der Waals surface area (Å²) in [6, 6.07) is 9.22. The summed E-state index contributed by atoms with van der Waals surface area (Å²) in [6.07, 6.45) is 1.57. The molecule has 0 saturated carbocycles.